The Labute approximate surface area is 128 Å². The van der Waals surface area contributed by atoms with E-state index in [2.05, 4.69) is 5.10 Å². The van der Waals surface area contributed by atoms with Crippen molar-refractivity contribution in [3.63, 3.8) is 0 Å². The fraction of sp³-hybridized carbons (Fsp3) is 0.333. The van der Waals surface area contributed by atoms with Gasteiger partial charge in [0.1, 0.15) is 22.2 Å². The molecule has 0 saturated heterocycles. The first-order valence-electron chi connectivity index (χ1n) is 6.41. The average molecular weight is 309 g/mol. The molecule has 1 aromatic heterocycles. The molecule has 0 aliphatic rings. The van der Waals surface area contributed by atoms with Crippen LogP contribution < -0.4 is 9.47 Å². The minimum Gasteiger partial charge on any atom is -0.496 e. The molecule has 0 amide bonds. The normalized spacial score (nSPS) is 10.5. The van der Waals surface area contributed by atoms with E-state index in [-0.39, 0.29) is 12.2 Å². The molecule has 0 aliphatic carbocycles. The highest BCUT2D eigenvalue weighted by atomic mass is 35.5. The molecule has 0 aliphatic heterocycles. The van der Waals surface area contributed by atoms with E-state index in [9.17, 15) is 4.79 Å². The Balaban J connectivity index is 2.41. The van der Waals surface area contributed by atoms with Gasteiger partial charge in [0.25, 0.3) is 0 Å². The number of ketones is 1. The highest BCUT2D eigenvalue weighted by molar-refractivity contribution is 6.30. The molecule has 0 bridgehead atoms. The van der Waals surface area contributed by atoms with E-state index >= 15 is 0 Å². The van der Waals surface area contributed by atoms with Crippen molar-refractivity contribution in [2.45, 2.75) is 13.3 Å². The van der Waals surface area contributed by atoms with Crippen LogP contribution in [0.3, 0.4) is 0 Å². The van der Waals surface area contributed by atoms with Crippen LogP contribution in [0.5, 0.6) is 11.5 Å². The SMILES string of the molecule is COc1cccc(OC)c1C(=O)Cc1c(C)nn(C)c1Cl. The molecule has 0 radical (unpaired) electrons. The topological polar surface area (TPSA) is 53.4 Å². The van der Waals surface area contributed by atoms with Crippen molar-refractivity contribution < 1.29 is 14.3 Å². The van der Waals surface area contributed by atoms with Crippen LogP contribution in [0.2, 0.25) is 5.15 Å². The van der Waals surface area contributed by atoms with Crippen LogP contribution in [0.25, 0.3) is 0 Å². The number of carbonyl (C=O) groups is 1. The molecule has 0 fully saturated rings. The Morgan fingerprint density at radius 1 is 1.29 bits per heavy atom. The number of hydrogen-bond donors (Lipinski definition) is 0. The molecule has 0 spiro atoms. The molecular weight excluding hydrogens is 292 g/mol. The van der Waals surface area contributed by atoms with E-state index in [1.165, 1.54) is 14.2 Å². The van der Waals surface area contributed by atoms with Crippen LogP contribution in [0.1, 0.15) is 21.6 Å². The molecule has 21 heavy (non-hydrogen) atoms. The third-order valence-corrected chi connectivity index (χ3v) is 3.79. The second-order valence-electron chi connectivity index (χ2n) is 4.62. The molecule has 112 valence electrons. The van der Waals surface area contributed by atoms with Crippen molar-refractivity contribution in [3.05, 3.63) is 40.2 Å². The maximum Gasteiger partial charge on any atom is 0.174 e. The quantitative estimate of drug-likeness (QED) is 0.797. The van der Waals surface area contributed by atoms with Crippen molar-refractivity contribution in [1.82, 2.24) is 9.78 Å². The van der Waals surface area contributed by atoms with Crippen LogP contribution in [0, 0.1) is 6.92 Å². The second-order valence-corrected chi connectivity index (χ2v) is 4.97. The van der Waals surface area contributed by atoms with Crippen molar-refractivity contribution in [1.29, 1.82) is 0 Å². The molecule has 2 rings (SSSR count). The minimum atomic E-state index is -0.123. The average Bonchev–Trinajstić information content (AvgIpc) is 2.72. The predicted molar refractivity (Wildman–Crippen MR) is 80.5 cm³/mol. The van der Waals surface area contributed by atoms with E-state index in [0.29, 0.717) is 22.2 Å². The van der Waals surface area contributed by atoms with Gasteiger partial charge in [-0.3, -0.25) is 9.48 Å². The van der Waals surface area contributed by atoms with E-state index in [4.69, 9.17) is 21.1 Å². The summed E-state index contributed by atoms with van der Waals surface area (Å²) in [6.07, 6.45) is 0.148. The number of hydrogen-bond acceptors (Lipinski definition) is 4. The van der Waals surface area contributed by atoms with E-state index in [1.807, 2.05) is 6.92 Å². The summed E-state index contributed by atoms with van der Waals surface area (Å²) in [7, 11) is 4.79. The number of nitrogens with zero attached hydrogens (tertiary/aromatic N) is 2. The van der Waals surface area contributed by atoms with Crippen molar-refractivity contribution in [2.75, 3.05) is 14.2 Å². The number of aromatic nitrogens is 2. The summed E-state index contributed by atoms with van der Waals surface area (Å²) >= 11 is 6.18. The monoisotopic (exact) mass is 308 g/mol. The number of benzene rings is 1. The summed E-state index contributed by atoms with van der Waals surface area (Å²) in [6.45, 7) is 1.83. The van der Waals surface area contributed by atoms with Crippen LogP contribution in [0.15, 0.2) is 18.2 Å². The Bertz CT molecular complexity index is 658. The first-order chi connectivity index (χ1) is 9.99. The summed E-state index contributed by atoms with van der Waals surface area (Å²) < 4.78 is 12.1. The molecule has 0 N–H and O–H groups in total. The first kappa shape index (κ1) is 15.4. The fourth-order valence-electron chi connectivity index (χ4n) is 2.25. The van der Waals surface area contributed by atoms with E-state index < -0.39 is 0 Å². The van der Waals surface area contributed by atoms with Gasteiger partial charge in [-0.25, -0.2) is 0 Å². The zero-order valence-corrected chi connectivity index (χ0v) is 13.2. The lowest BCUT2D eigenvalue weighted by atomic mass is 10.0. The fourth-order valence-corrected chi connectivity index (χ4v) is 2.49. The van der Waals surface area contributed by atoms with Crippen molar-refractivity contribution in [3.8, 4) is 11.5 Å². The number of aryl methyl sites for hydroxylation is 2. The van der Waals surface area contributed by atoms with Gasteiger partial charge in [-0.2, -0.15) is 5.10 Å². The molecule has 0 saturated carbocycles. The third kappa shape index (κ3) is 2.88. The number of carbonyl (C=O) groups excluding carboxylic acids is 1. The zero-order chi connectivity index (χ0) is 15.6. The van der Waals surface area contributed by atoms with Gasteiger partial charge in [0.2, 0.25) is 0 Å². The minimum absolute atomic E-state index is 0.123. The largest absolute Gasteiger partial charge is 0.496 e. The Kier molecular flexibility index (Phi) is 4.53. The predicted octanol–water partition coefficient (Wildman–Crippen LogP) is 2.82. The smallest absolute Gasteiger partial charge is 0.174 e. The van der Waals surface area contributed by atoms with Gasteiger partial charge in [-0.15, -0.1) is 0 Å². The van der Waals surface area contributed by atoms with Gasteiger partial charge in [0.05, 0.1) is 19.9 Å². The summed E-state index contributed by atoms with van der Waals surface area (Å²) in [6, 6.07) is 5.23. The van der Waals surface area contributed by atoms with Gasteiger partial charge < -0.3 is 9.47 Å². The zero-order valence-electron chi connectivity index (χ0n) is 12.4. The highest BCUT2D eigenvalue weighted by Gasteiger charge is 2.22. The maximum absolute atomic E-state index is 12.6. The number of rotatable bonds is 5. The number of Topliss-reactive ketones (excluding diaryl/α,β-unsaturated/α-hetero) is 1. The molecule has 0 unspecified atom stereocenters. The summed E-state index contributed by atoms with van der Waals surface area (Å²) in [5, 5.41) is 4.68. The van der Waals surface area contributed by atoms with Crippen molar-refractivity contribution in [2.24, 2.45) is 7.05 Å². The number of methoxy groups -OCH3 is 2. The maximum atomic E-state index is 12.6. The van der Waals surface area contributed by atoms with Crippen LogP contribution in [-0.4, -0.2) is 29.8 Å². The van der Waals surface area contributed by atoms with Crippen molar-refractivity contribution >= 4 is 17.4 Å². The lowest BCUT2D eigenvalue weighted by Gasteiger charge is -2.12. The number of halogens is 1. The van der Waals surface area contributed by atoms with E-state index in [0.717, 1.165) is 11.3 Å². The molecular formula is C15H17ClN2O3. The second kappa shape index (κ2) is 6.18. The number of ether oxygens (including phenoxy) is 2. The van der Waals surface area contributed by atoms with Crippen LogP contribution in [-0.2, 0) is 13.5 Å². The molecule has 2 aromatic rings. The van der Waals surface area contributed by atoms with Gasteiger partial charge in [0.15, 0.2) is 5.78 Å². The lowest BCUT2D eigenvalue weighted by Crippen LogP contribution is -2.08. The van der Waals surface area contributed by atoms with Gasteiger partial charge >= 0.3 is 0 Å². The van der Waals surface area contributed by atoms with Crippen LogP contribution in [0.4, 0.5) is 0 Å². The highest BCUT2D eigenvalue weighted by Crippen LogP contribution is 2.30. The van der Waals surface area contributed by atoms with Gasteiger partial charge in [-0.1, -0.05) is 17.7 Å². The van der Waals surface area contributed by atoms with Gasteiger partial charge in [0, 0.05) is 19.0 Å². The molecule has 5 nitrogen and oxygen atoms in total. The molecule has 6 heteroatoms. The lowest BCUT2D eigenvalue weighted by molar-refractivity contribution is 0.0986. The van der Waals surface area contributed by atoms with Crippen LogP contribution >= 0.6 is 11.6 Å². The van der Waals surface area contributed by atoms with Gasteiger partial charge in [-0.05, 0) is 19.1 Å². The standard InChI is InChI=1S/C15H17ClN2O3/c1-9-10(15(16)18(2)17-9)8-11(19)14-12(20-3)6-5-7-13(14)21-4/h5-7H,8H2,1-4H3. The Morgan fingerprint density at radius 2 is 1.86 bits per heavy atom. The molecule has 1 heterocycles. The Hall–Kier alpha value is -2.01. The molecule has 0 atom stereocenters. The third-order valence-electron chi connectivity index (χ3n) is 3.31. The van der Waals surface area contributed by atoms with E-state index in [1.54, 1.807) is 29.9 Å². The summed E-state index contributed by atoms with van der Waals surface area (Å²) in [4.78, 5) is 12.6. The molecule has 1 aromatic carbocycles. The summed E-state index contributed by atoms with van der Waals surface area (Å²) in [5.74, 6) is 0.844. The Morgan fingerprint density at radius 3 is 2.29 bits per heavy atom. The summed E-state index contributed by atoms with van der Waals surface area (Å²) in [5.41, 5.74) is 1.88. The first-order valence-corrected chi connectivity index (χ1v) is 6.79.